The monoisotopic (exact) mass is 291 g/mol. The zero-order valence-electron chi connectivity index (χ0n) is 11.8. The Bertz CT molecular complexity index is 528. The average Bonchev–Trinajstić information content (AvgIpc) is 2.74. The van der Waals surface area contributed by atoms with E-state index in [0.717, 1.165) is 5.56 Å². The molecule has 0 bridgehead atoms. The molecule has 0 radical (unpaired) electrons. The topological polar surface area (TPSA) is 72.9 Å². The van der Waals surface area contributed by atoms with Gasteiger partial charge in [0.1, 0.15) is 0 Å². The van der Waals surface area contributed by atoms with Gasteiger partial charge in [0.2, 0.25) is 0 Å². The molecule has 0 spiro atoms. The van der Waals surface area contributed by atoms with E-state index in [2.05, 4.69) is 0 Å². The van der Waals surface area contributed by atoms with Crippen LogP contribution < -0.4 is 0 Å². The highest BCUT2D eigenvalue weighted by atomic mass is 16.7. The summed E-state index contributed by atoms with van der Waals surface area (Å²) in [6.07, 6.45) is -1.33. The van der Waals surface area contributed by atoms with Gasteiger partial charge in [0.25, 0.3) is 11.7 Å². The lowest BCUT2D eigenvalue weighted by Gasteiger charge is -2.15. The number of carbonyl (C=O) groups is 3. The number of nitrogens with zero attached hydrogens (tertiary/aromatic N) is 1. The Morgan fingerprint density at radius 2 is 2.00 bits per heavy atom. The van der Waals surface area contributed by atoms with Crippen molar-refractivity contribution in [3.63, 3.8) is 0 Å². The molecule has 1 atom stereocenters. The smallest absolute Gasteiger partial charge is 0.434 e. The van der Waals surface area contributed by atoms with E-state index in [1.807, 2.05) is 37.3 Å². The van der Waals surface area contributed by atoms with Crippen LogP contribution in [0.25, 0.3) is 0 Å². The van der Waals surface area contributed by atoms with Gasteiger partial charge in [-0.15, -0.1) is 0 Å². The molecule has 1 aliphatic heterocycles. The zero-order chi connectivity index (χ0) is 15.2. The number of benzene rings is 1. The molecule has 1 unspecified atom stereocenters. The maximum atomic E-state index is 11.9. The van der Waals surface area contributed by atoms with Crippen molar-refractivity contribution in [1.29, 1.82) is 0 Å². The van der Waals surface area contributed by atoms with Crippen LogP contribution in [0.4, 0.5) is 4.79 Å². The Morgan fingerprint density at radius 1 is 1.29 bits per heavy atom. The molecule has 0 saturated carbocycles. The third kappa shape index (κ3) is 3.81. The highest BCUT2D eigenvalue weighted by Gasteiger charge is 2.41. The molecule has 112 valence electrons. The summed E-state index contributed by atoms with van der Waals surface area (Å²) in [4.78, 5) is 36.4. The molecule has 1 amide bonds. The molecule has 1 fully saturated rings. The van der Waals surface area contributed by atoms with Crippen LogP contribution in [0.1, 0.15) is 18.9 Å². The molecule has 0 N–H and O–H groups in total. The average molecular weight is 291 g/mol. The predicted octanol–water partition coefficient (Wildman–Crippen LogP) is 1.53. The summed E-state index contributed by atoms with van der Waals surface area (Å²) in [7, 11) is 0. The van der Waals surface area contributed by atoms with E-state index in [0.29, 0.717) is 13.0 Å². The van der Waals surface area contributed by atoms with Crippen LogP contribution in [0.2, 0.25) is 0 Å². The van der Waals surface area contributed by atoms with Gasteiger partial charge in [0, 0.05) is 6.54 Å². The van der Waals surface area contributed by atoms with E-state index in [9.17, 15) is 14.4 Å². The van der Waals surface area contributed by atoms with Gasteiger partial charge < -0.3 is 14.4 Å². The summed E-state index contributed by atoms with van der Waals surface area (Å²) in [5, 5.41) is 0. The van der Waals surface area contributed by atoms with Crippen LogP contribution in [-0.4, -0.2) is 42.0 Å². The maximum absolute atomic E-state index is 11.9. The van der Waals surface area contributed by atoms with Crippen molar-refractivity contribution in [2.24, 2.45) is 0 Å². The Kier molecular flexibility index (Phi) is 4.92. The molecule has 2 rings (SSSR count). The van der Waals surface area contributed by atoms with Gasteiger partial charge >= 0.3 is 6.16 Å². The van der Waals surface area contributed by atoms with Gasteiger partial charge in [-0.25, -0.2) is 4.79 Å². The number of ketones is 1. The lowest BCUT2D eigenvalue weighted by Crippen LogP contribution is -2.27. The molecule has 1 aromatic rings. The van der Waals surface area contributed by atoms with E-state index in [1.54, 1.807) is 0 Å². The summed E-state index contributed by atoms with van der Waals surface area (Å²) in [6, 6.07) is 9.31. The highest BCUT2D eigenvalue weighted by molar-refractivity contribution is 6.39. The lowest BCUT2D eigenvalue weighted by molar-refractivity contribution is -0.142. The second-order valence-electron chi connectivity index (χ2n) is 4.74. The van der Waals surface area contributed by atoms with Gasteiger partial charge in [-0.05, 0) is 12.0 Å². The van der Waals surface area contributed by atoms with Gasteiger partial charge in [-0.1, -0.05) is 37.3 Å². The molecular weight excluding hydrogens is 274 g/mol. The highest BCUT2D eigenvalue weighted by Crippen LogP contribution is 2.15. The van der Waals surface area contributed by atoms with Gasteiger partial charge in [-0.2, -0.15) is 0 Å². The third-order valence-corrected chi connectivity index (χ3v) is 3.06. The molecule has 6 heteroatoms. The number of hydrogen-bond acceptors (Lipinski definition) is 5. The molecular formula is C15H17NO5. The number of carbonyl (C=O) groups excluding carboxylic acids is 3. The quantitative estimate of drug-likeness (QED) is 0.607. The van der Waals surface area contributed by atoms with Gasteiger partial charge in [0.05, 0.1) is 13.2 Å². The van der Waals surface area contributed by atoms with Crippen LogP contribution in [0.5, 0.6) is 0 Å². The van der Waals surface area contributed by atoms with Gasteiger partial charge in [-0.3, -0.25) is 9.59 Å². The fourth-order valence-electron chi connectivity index (χ4n) is 2.03. The number of amides is 1. The Hall–Kier alpha value is -2.37. The van der Waals surface area contributed by atoms with Crippen molar-refractivity contribution in [3.05, 3.63) is 35.9 Å². The Balaban J connectivity index is 1.93. The molecule has 1 aliphatic rings. The lowest BCUT2D eigenvalue weighted by atomic mass is 10.2. The first-order valence-corrected chi connectivity index (χ1v) is 6.82. The molecule has 0 aliphatic carbocycles. The van der Waals surface area contributed by atoms with Crippen LogP contribution >= 0.6 is 0 Å². The standard InChI is InChI=1S/C15H17NO5/c1-2-8-20-15(19)21-12-10-16(14(18)13(12)17)9-11-6-4-3-5-7-11/h3-7,12H,2,8-10H2,1H3. The van der Waals surface area contributed by atoms with E-state index < -0.39 is 23.9 Å². The number of rotatable bonds is 5. The first kappa shape index (κ1) is 15.0. The summed E-state index contributed by atoms with van der Waals surface area (Å²) >= 11 is 0. The predicted molar refractivity (Wildman–Crippen MR) is 73.4 cm³/mol. The number of ether oxygens (including phenoxy) is 2. The van der Waals surface area contributed by atoms with Crippen molar-refractivity contribution in [2.75, 3.05) is 13.2 Å². The van der Waals surface area contributed by atoms with E-state index in [1.165, 1.54) is 4.90 Å². The maximum Gasteiger partial charge on any atom is 0.509 e. The molecule has 1 heterocycles. The fraction of sp³-hybridized carbons (Fsp3) is 0.400. The van der Waals surface area contributed by atoms with E-state index >= 15 is 0 Å². The SMILES string of the molecule is CCCOC(=O)OC1CN(Cc2ccccc2)C(=O)C1=O. The van der Waals surface area contributed by atoms with Crippen LogP contribution in [0, 0.1) is 0 Å². The van der Waals surface area contributed by atoms with E-state index in [4.69, 9.17) is 9.47 Å². The largest absolute Gasteiger partial charge is 0.509 e. The Labute approximate surface area is 122 Å². The zero-order valence-corrected chi connectivity index (χ0v) is 11.8. The first-order valence-electron chi connectivity index (χ1n) is 6.82. The van der Waals surface area contributed by atoms with Crippen LogP contribution in [0.15, 0.2) is 30.3 Å². The van der Waals surface area contributed by atoms with Crippen molar-refractivity contribution in [3.8, 4) is 0 Å². The molecule has 1 saturated heterocycles. The van der Waals surface area contributed by atoms with Gasteiger partial charge in [0.15, 0.2) is 6.10 Å². The minimum absolute atomic E-state index is 0.0633. The van der Waals surface area contributed by atoms with E-state index in [-0.39, 0.29) is 13.2 Å². The number of likely N-dealkylation sites (tertiary alicyclic amines) is 1. The van der Waals surface area contributed by atoms with Crippen molar-refractivity contribution < 1.29 is 23.9 Å². The molecule has 0 aromatic heterocycles. The minimum Gasteiger partial charge on any atom is -0.434 e. The normalized spacial score (nSPS) is 18.0. The second-order valence-corrected chi connectivity index (χ2v) is 4.74. The fourth-order valence-corrected chi connectivity index (χ4v) is 2.03. The second kappa shape index (κ2) is 6.88. The summed E-state index contributed by atoms with van der Waals surface area (Å²) in [5.41, 5.74) is 0.910. The number of Topliss-reactive ketones (excluding diaryl/α,β-unsaturated/α-hetero) is 1. The summed E-state index contributed by atoms with van der Waals surface area (Å²) in [5.74, 6) is -1.34. The van der Waals surface area contributed by atoms with Crippen LogP contribution in [-0.2, 0) is 25.6 Å². The minimum atomic E-state index is -1.08. The first-order chi connectivity index (χ1) is 10.1. The van der Waals surface area contributed by atoms with Crippen molar-refractivity contribution >= 4 is 17.8 Å². The molecule has 6 nitrogen and oxygen atoms in total. The summed E-state index contributed by atoms with van der Waals surface area (Å²) in [6.45, 7) is 2.45. The Morgan fingerprint density at radius 3 is 2.67 bits per heavy atom. The summed E-state index contributed by atoms with van der Waals surface area (Å²) < 4.78 is 9.64. The van der Waals surface area contributed by atoms with Crippen molar-refractivity contribution in [2.45, 2.75) is 26.0 Å². The third-order valence-electron chi connectivity index (χ3n) is 3.06. The van der Waals surface area contributed by atoms with Crippen molar-refractivity contribution in [1.82, 2.24) is 4.90 Å². The van der Waals surface area contributed by atoms with Crippen LogP contribution in [0.3, 0.4) is 0 Å². The number of hydrogen-bond donors (Lipinski definition) is 0. The molecule has 21 heavy (non-hydrogen) atoms. The molecule has 1 aromatic carbocycles.